The molecular formula is C18H21N6O5SSi. The van der Waals surface area contributed by atoms with Gasteiger partial charge in [-0.1, -0.05) is 11.3 Å². The number of nitrogens with zero attached hydrogens (tertiary/aromatic N) is 4. The van der Waals surface area contributed by atoms with Crippen molar-refractivity contribution in [3.05, 3.63) is 34.5 Å². The molecule has 11 nitrogen and oxygen atoms in total. The minimum atomic E-state index is -0.768. The molecule has 2 aromatic rings. The first kappa shape index (κ1) is 22.6. The van der Waals surface area contributed by atoms with Crippen molar-refractivity contribution in [2.24, 2.45) is 10.7 Å². The van der Waals surface area contributed by atoms with Gasteiger partial charge in [0.15, 0.2) is 5.76 Å². The predicted molar refractivity (Wildman–Crippen MR) is 118 cm³/mol. The van der Waals surface area contributed by atoms with Gasteiger partial charge in [-0.25, -0.2) is 9.79 Å². The number of ether oxygens (including phenoxy) is 2. The van der Waals surface area contributed by atoms with Crippen molar-refractivity contribution in [3.8, 4) is 5.75 Å². The molecule has 0 aliphatic carbocycles. The van der Waals surface area contributed by atoms with E-state index in [9.17, 15) is 9.59 Å². The molecule has 0 aromatic carbocycles. The summed E-state index contributed by atoms with van der Waals surface area (Å²) in [4.78, 5) is 31.2. The molecule has 1 fully saturated rings. The molecule has 0 bridgehead atoms. The average molecular weight is 462 g/mol. The number of methoxy groups -OCH3 is 2. The number of hydrogen-bond acceptors (Lipinski definition) is 11. The molecule has 0 saturated carbocycles. The second kappa shape index (κ2) is 9.41. The summed E-state index contributed by atoms with van der Waals surface area (Å²) in [5.74, 6) is -0.842. The smallest absolute Gasteiger partial charge is 0.381 e. The van der Waals surface area contributed by atoms with Crippen LogP contribution in [-0.2, 0) is 4.74 Å². The highest BCUT2D eigenvalue weighted by Gasteiger charge is 2.42. The summed E-state index contributed by atoms with van der Waals surface area (Å²) in [5.41, 5.74) is 5.61. The third-order valence-corrected chi connectivity index (χ3v) is 5.90. The van der Waals surface area contributed by atoms with Crippen molar-refractivity contribution in [3.63, 3.8) is 0 Å². The van der Waals surface area contributed by atoms with Crippen LogP contribution in [0, 0.1) is 0 Å². The normalized spacial score (nSPS) is 18.8. The molecule has 0 spiro atoms. The molecule has 3 heterocycles. The maximum Gasteiger partial charge on any atom is 0.381 e. The molecule has 1 amide bonds. The summed E-state index contributed by atoms with van der Waals surface area (Å²) in [6.45, 7) is 2.77. The number of allylic oxidation sites excluding steroid dienone is 1. The molecule has 3 rings (SSSR count). The Kier molecular flexibility index (Phi) is 6.87. The lowest BCUT2D eigenvalue weighted by Gasteiger charge is -2.52. The highest BCUT2D eigenvalue weighted by molar-refractivity contribution is 7.18. The fourth-order valence-electron chi connectivity index (χ4n) is 3.00. The Bertz CT molecular complexity index is 1080. The van der Waals surface area contributed by atoms with Crippen molar-refractivity contribution in [2.75, 3.05) is 37.6 Å². The van der Waals surface area contributed by atoms with Gasteiger partial charge in [-0.05, 0) is 25.6 Å². The van der Waals surface area contributed by atoms with Gasteiger partial charge < -0.3 is 24.5 Å². The maximum absolute atomic E-state index is 12.7. The van der Waals surface area contributed by atoms with Crippen LogP contribution in [0.3, 0.4) is 0 Å². The number of carbonyl (C=O) groups excluding carboxylic acids is 1. The quantitative estimate of drug-likeness (QED) is 0.435. The number of aliphatic imine (C=N–C) groups is 1. The van der Waals surface area contributed by atoms with Gasteiger partial charge in [0.2, 0.25) is 16.0 Å². The first-order valence-electron chi connectivity index (χ1n) is 9.13. The van der Waals surface area contributed by atoms with Gasteiger partial charge in [0.25, 0.3) is 5.91 Å². The van der Waals surface area contributed by atoms with E-state index in [0.29, 0.717) is 29.7 Å². The van der Waals surface area contributed by atoms with E-state index in [1.165, 1.54) is 19.4 Å². The third kappa shape index (κ3) is 4.83. The topological polar surface area (TPSA) is 145 Å². The molecule has 1 aliphatic heterocycles. The molecule has 1 aliphatic rings. The van der Waals surface area contributed by atoms with Crippen LogP contribution in [0.1, 0.15) is 23.9 Å². The van der Waals surface area contributed by atoms with Gasteiger partial charge in [-0.3, -0.25) is 10.1 Å². The van der Waals surface area contributed by atoms with Gasteiger partial charge >= 0.3 is 5.63 Å². The standard InChI is InChI=1S/C18H21N6O5SSi/c1-10(4-6-19)20-16-22-23-17(30-16)21-14(25)12-8-11(13(28-3)15(26)29-12)24-7-5-18(24,31)9-27-2/h4,6,8H,5,7,9,19H2,1-3H3,(H,21,23,25)/t18-/m1/s1. The Morgan fingerprint density at radius 2 is 2.29 bits per heavy atom. The number of hydrogen-bond donors (Lipinski definition) is 2. The number of amides is 1. The Hall–Kier alpha value is -3.03. The van der Waals surface area contributed by atoms with Crippen LogP contribution >= 0.6 is 11.3 Å². The van der Waals surface area contributed by atoms with E-state index in [-0.39, 0.29) is 16.6 Å². The summed E-state index contributed by atoms with van der Waals surface area (Å²) < 4.78 is 15.6. The minimum Gasteiger partial charge on any atom is -0.488 e. The number of nitrogens with one attached hydrogen (secondary N) is 1. The summed E-state index contributed by atoms with van der Waals surface area (Å²) in [5, 5.41) is 10.4. The number of nitrogens with two attached hydrogens (primary N) is 1. The molecule has 3 N–H and O–H groups in total. The zero-order chi connectivity index (χ0) is 22.6. The van der Waals surface area contributed by atoms with Gasteiger partial charge in [-0.15, -0.1) is 10.2 Å². The van der Waals surface area contributed by atoms with Gasteiger partial charge in [0, 0.05) is 30.6 Å². The Morgan fingerprint density at radius 3 is 2.90 bits per heavy atom. The van der Waals surface area contributed by atoms with Crippen molar-refractivity contribution in [1.29, 1.82) is 0 Å². The Balaban J connectivity index is 1.86. The summed E-state index contributed by atoms with van der Waals surface area (Å²) in [7, 11) is 6.65. The predicted octanol–water partition coefficient (Wildman–Crippen LogP) is 1.04. The second-order valence-electron chi connectivity index (χ2n) is 6.64. The maximum atomic E-state index is 12.7. The molecule has 0 unspecified atom stereocenters. The van der Waals surface area contributed by atoms with Crippen molar-refractivity contribution < 1.29 is 18.7 Å². The molecule has 1 saturated heterocycles. The lowest BCUT2D eigenvalue weighted by Crippen LogP contribution is -2.63. The molecule has 13 heteroatoms. The summed E-state index contributed by atoms with van der Waals surface area (Å²) >= 11 is 1.06. The van der Waals surface area contributed by atoms with Crippen LogP contribution in [0.2, 0.25) is 0 Å². The molecule has 163 valence electrons. The second-order valence-corrected chi connectivity index (χ2v) is 8.53. The van der Waals surface area contributed by atoms with Crippen molar-refractivity contribution in [1.82, 2.24) is 10.2 Å². The van der Waals surface area contributed by atoms with E-state index < -0.39 is 16.7 Å². The van der Waals surface area contributed by atoms with Crippen molar-refractivity contribution >= 4 is 49.1 Å². The summed E-state index contributed by atoms with van der Waals surface area (Å²) in [6, 6.07) is 1.45. The lowest BCUT2D eigenvalue weighted by molar-refractivity contribution is 0.0991. The van der Waals surface area contributed by atoms with E-state index in [4.69, 9.17) is 19.6 Å². The SMILES string of the molecule is COC[C@]1([Si])CCN1c1cc(C(=O)Nc2nnc(N=C(C)C=CN)s2)oc(=O)c1OC. The highest BCUT2D eigenvalue weighted by atomic mass is 32.1. The van der Waals surface area contributed by atoms with E-state index in [0.717, 1.165) is 17.8 Å². The van der Waals surface area contributed by atoms with Crippen LogP contribution in [-0.4, -0.2) is 64.6 Å². The number of rotatable bonds is 8. The summed E-state index contributed by atoms with van der Waals surface area (Å²) in [6.07, 6.45) is 3.75. The van der Waals surface area contributed by atoms with Gasteiger partial charge in [0.05, 0.1) is 29.6 Å². The van der Waals surface area contributed by atoms with E-state index >= 15 is 0 Å². The monoisotopic (exact) mass is 461 g/mol. The van der Waals surface area contributed by atoms with E-state index in [1.54, 1.807) is 20.1 Å². The molecular weight excluding hydrogens is 440 g/mol. The number of aromatic nitrogens is 2. The van der Waals surface area contributed by atoms with Crippen LogP contribution in [0.25, 0.3) is 0 Å². The van der Waals surface area contributed by atoms with Crippen molar-refractivity contribution in [2.45, 2.75) is 18.5 Å². The molecule has 2 aromatic heterocycles. The van der Waals surface area contributed by atoms with Crippen LogP contribution in [0.15, 0.2) is 32.5 Å². The van der Waals surface area contributed by atoms with Crippen LogP contribution in [0.5, 0.6) is 5.75 Å². The Morgan fingerprint density at radius 1 is 1.52 bits per heavy atom. The average Bonchev–Trinajstić information content (AvgIpc) is 3.13. The Labute approximate surface area is 185 Å². The van der Waals surface area contributed by atoms with E-state index in [2.05, 4.69) is 30.7 Å². The van der Waals surface area contributed by atoms with Gasteiger partial charge in [0.1, 0.15) is 0 Å². The van der Waals surface area contributed by atoms with Gasteiger partial charge in [-0.2, -0.15) is 0 Å². The molecule has 3 radical (unpaired) electrons. The fraction of sp³-hybridized carbons (Fsp3) is 0.389. The van der Waals surface area contributed by atoms with E-state index in [1.807, 2.05) is 4.90 Å². The highest BCUT2D eigenvalue weighted by Crippen LogP contribution is 2.38. The number of anilines is 2. The molecule has 1 atom stereocenters. The fourth-order valence-corrected chi connectivity index (χ4v) is 4.16. The zero-order valence-corrected chi connectivity index (χ0v) is 19.0. The zero-order valence-electron chi connectivity index (χ0n) is 17.2. The lowest BCUT2D eigenvalue weighted by atomic mass is 10.0. The largest absolute Gasteiger partial charge is 0.488 e. The third-order valence-electron chi connectivity index (χ3n) is 4.50. The first-order chi connectivity index (χ1) is 14.8. The van der Waals surface area contributed by atoms with Crippen LogP contribution < -0.4 is 26.3 Å². The molecule has 31 heavy (non-hydrogen) atoms. The number of carbonyl (C=O) groups is 1. The van der Waals surface area contributed by atoms with Crippen LogP contribution in [0.4, 0.5) is 16.0 Å². The minimum absolute atomic E-state index is 0.00551. The first-order valence-corrected chi connectivity index (χ1v) is 10.4.